The van der Waals surface area contributed by atoms with E-state index in [9.17, 15) is 5.11 Å². The number of aryl methyl sites for hydroxylation is 1. The van der Waals surface area contributed by atoms with Gasteiger partial charge in [0.2, 0.25) is 0 Å². The summed E-state index contributed by atoms with van der Waals surface area (Å²) >= 11 is 0. The molecule has 0 radical (unpaired) electrons. The van der Waals surface area contributed by atoms with Crippen molar-refractivity contribution in [3.63, 3.8) is 0 Å². The maximum Gasteiger partial charge on any atom is 0.155 e. The van der Waals surface area contributed by atoms with Gasteiger partial charge in [0.1, 0.15) is 24.0 Å². The molecule has 0 bridgehead atoms. The third-order valence-electron chi connectivity index (χ3n) is 4.53. The van der Waals surface area contributed by atoms with Crippen LogP contribution in [0.2, 0.25) is 0 Å². The minimum Gasteiger partial charge on any atom is -0.462 e. The molecule has 4 heterocycles. The van der Waals surface area contributed by atoms with E-state index >= 15 is 0 Å². The molecule has 0 aliphatic carbocycles. The summed E-state index contributed by atoms with van der Waals surface area (Å²) in [6.07, 6.45) is 2.64. The molecule has 0 spiro atoms. The number of aliphatic hydroxyl groups is 2. The highest BCUT2D eigenvalue weighted by Crippen LogP contribution is 2.23. The lowest BCUT2D eigenvalue weighted by Gasteiger charge is -2.26. The Balaban J connectivity index is 1.48. The summed E-state index contributed by atoms with van der Waals surface area (Å²) in [5, 5.41) is 24.2. The van der Waals surface area contributed by atoms with Crippen molar-refractivity contribution < 1.29 is 14.6 Å². The van der Waals surface area contributed by atoms with Gasteiger partial charge in [0, 0.05) is 32.5 Å². The number of aromatic nitrogens is 4. The Bertz CT molecular complexity index is 865. The Labute approximate surface area is 144 Å². The number of hydrogen-bond donors (Lipinski definition) is 2. The summed E-state index contributed by atoms with van der Waals surface area (Å²) in [4.78, 5) is 6.46. The molecule has 8 heteroatoms. The highest BCUT2D eigenvalue weighted by molar-refractivity contribution is 5.20. The van der Waals surface area contributed by atoms with E-state index in [4.69, 9.17) is 9.52 Å². The molecule has 3 aromatic heterocycles. The standard InChI is InChI=1S/C17H21N5O3/c1-20-5-4-18-17(20)16(24)15-8-12-9-21(6-7-22(12)19-15)10-13-2-3-14(11-23)25-13/h2-5,8,16,23-24H,6-7,9-11H2,1H3/t16-/m1/s1. The molecule has 0 aromatic carbocycles. The van der Waals surface area contributed by atoms with Crippen LogP contribution >= 0.6 is 0 Å². The molecule has 25 heavy (non-hydrogen) atoms. The molecule has 0 saturated carbocycles. The molecule has 1 atom stereocenters. The van der Waals surface area contributed by atoms with E-state index < -0.39 is 6.10 Å². The van der Waals surface area contributed by atoms with Crippen LogP contribution in [0.1, 0.15) is 34.8 Å². The third-order valence-corrected chi connectivity index (χ3v) is 4.53. The van der Waals surface area contributed by atoms with Crippen molar-refractivity contribution in [2.75, 3.05) is 6.54 Å². The van der Waals surface area contributed by atoms with Crippen LogP contribution < -0.4 is 0 Å². The number of fused-ring (bicyclic) bond motifs is 1. The number of furan rings is 1. The van der Waals surface area contributed by atoms with Gasteiger partial charge < -0.3 is 19.2 Å². The first-order valence-electron chi connectivity index (χ1n) is 8.27. The van der Waals surface area contributed by atoms with Gasteiger partial charge in [-0.15, -0.1) is 0 Å². The van der Waals surface area contributed by atoms with Crippen molar-refractivity contribution in [3.05, 3.63) is 59.3 Å². The second-order valence-electron chi connectivity index (χ2n) is 6.32. The normalized spacial score (nSPS) is 16.1. The van der Waals surface area contributed by atoms with Crippen LogP contribution in [-0.2, 0) is 33.3 Å². The van der Waals surface area contributed by atoms with Gasteiger partial charge in [-0.2, -0.15) is 5.10 Å². The Morgan fingerprint density at radius 3 is 2.84 bits per heavy atom. The second-order valence-corrected chi connectivity index (χ2v) is 6.32. The predicted octanol–water partition coefficient (Wildman–Crippen LogP) is 0.799. The number of hydrogen-bond acceptors (Lipinski definition) is 6. The minimum absolute atomic E-state index is 0.0821. The fourth-order valence-corrected chi connectivity index (χ4v) is 3.20. The van der Waals surface area contributed by atoms with Crippen molar-refractivity contribution in [2.45, 2.75) is 32.3 Å². The topological polar surface area (TPSA) is 92.5 Å². The van der Waals surface area contributed by atoms with Crippen molar-refractivity contribution in [1.29, 1.82) is 0 Å². The lowest BCUT2D eigenvalue weighted by atomic mass is 10.2. The molecule has 0 saturated heterocycles. The van der Waals surface area contributed by atoms with E-state index in [1.165, 1.54) is 0 Å². The Morgan fingerprint density at radius 2 is 2.12 bits per heavy atom. The van der Waals surface area contributed by atoms with Gasteiger partial charge in [-0.25, -0.2) is 4.98 Å². The molecule has 0 unspecified atom stereocenters. The molecule has 4 rings (SSSR count). The molecule has 0 fully saturated rings. The summed E-state index contributed by atoms with van der Waals surface area (Å²) < 4.78 is 9.30. The Hall–Kier alpha value is -2.42. The predicted molar refractivity (Wildman–Crippen MR) is 88.2 cm³/mol. The SMILES string of the molecule is Cn1ccnc1[C@H](O)c1cc2n(n1)CCN(Cc1ccc(CO)o1)C2. The number of nitrogens with zero attached hydrogens (tertiary/aromatic N) is 5. The smallest absolute Gasteiger partial charge is 0.155 e. The van der Waals surface area contributed by atoms with Gasteiger partial charge in [-0.05, 0) is 18.2 Å². The van der Waals surface area contributed by atoms with Crippen LogP contribution in [0.3, 0.4) is 0 Å². The van der Waals surface area contributed by atoms with Gasteiger partial charge in [0.05, 0.1) is 24.5 Å². The number of aliphatic hydroxyl groups excluding tert-OH is 2. The maximum atomic E-state index is 10.5. The molecule has 2 N–H and O–H groups in total. The minimum atomic E-state index is -0.830. The van der Waals surface area contributed by atoms with Crippen LogP contribution in [0.15, 0.2) is 35.0 Å². The molecule has 1 aliphatic rings. The zero-order valence-corrected chi connectivity index (χ0v) is 14.0. The van der Waals surface area contributed by atoms with Crippen molar-refractivity contribution in [1.82, 2.24) is 24.2 Å². The lowest BCUT2D eigenvalue weighted by molar-refractivity contribution is 0.181. The lowest BCUT2D eigenvalue weighted by Crippen LogP contribution is -2.33. The highest BCUT2D eigenvalue weighted by atomic mass is 16.4. The first-order valence-corrected chi connectivity index (χ1v) is 8.27. The van der Waals surface area contributed by atoms with Gasteiger partial charge in [0.15, 0.2) is 6.10 Å². The first kappa shape index (κ1) is 16.1. The molecule has 3 aromatic rings. The van der Waals surface area contributed by atoms with Crippen molar-refractivity contribution in [2.24, 2.45) is 7.05 Å². The van der Waals surface area contributed by atoms with Crippen LogP contribution in [0.25, 0.3) is 0 Å². The van der Waals surface area contributed by atoms with Crippen molar-refractivity contribution >= 4 is 0 Å². The quantitative estimate of drug-likeness (QED) is 0.712. The summed E-state index contributed by atoms with van der Waals surface area (Å²) in [6.45, 7) is 2.94. The van der Waals surface area contributed by atoms with Crippen molar-refractivity contribution in [3.8, 4) is 0 Å². The van der Waals surface area contributed by atoms with E-state index in [0.29, 0.717) is 23.8 Å². The van der Waals surface area contributed by atoms with Crippen LogP contribution in [0.4, 0.5) is 0 Å². The molecular formula is C17H21N5O3. The van der Waals surface area contributed by atoms with E-state index in [1.807, 2.05) is 23.9 Å². The first-order chi connectivity index (χ1) is 12.1. The average molecular weight is 343 g/mol. The molecule has 132 valence electrons. The summed E-state index contributed by atoms with van der Waals surface area (Å²) in [7, 11) is 1.85. The Kier molecular flexibility index (Phi) is 4.16. The fraction of sp³-hybridized carbons (Fsp3) is 0.412. The summed E-state index contributed by atoms with van der Waals surface area (Å²) in [6, 6.07) is 5.63. The molecule has 1 aliphatic heterocycles. The van der Waals surface area contributed by atoms with Gasteiger partial charge in [-0.1, -0.05) is 0 Å². The van der Waals surface area contributed by atoms with Gasteiger partial charge in [0.25, 0.3) is 0 Å². The zero-order valence-electron chi connectivity index (χ0n) is 14.0. The second kappa shape index (κ2) is 6.47. The van der Waals surface area contributed by atoms with E-state index in [2.05, 4.69) is 15.0 Å². The Morgan fingerprint density at radius 1 is 1.28 bits per heavy atom. The van der Waals surface area contributed by atoms with E-state index in [-0.39, 0.29) is 6.61 Å². The monoisotopic (exact) mass is 343 g/mol. The maximum absolute atomic E-state index is 10.5. The number of rotatable bonds is 5. The largest absolute Gasteiger partial charge is 0.462 e. The van der Waals surface area contributed by atoms with Gasteiger partial charge in [-0.3, -0.25) is 9.58 Å². The highest BCUT2D eigenvalue weighted by Gasteiger charge is 2.24. The van der Waals surface area contributed by atoms with Crippen LogP contribution in [0, 0.1) is 0 Å². The average Bonchev–Trinajstić information content (AvgIpc) is 3.33. The molecule has 0 amide bonds. The van der Waals surface area contributed by atoms with Crippen LogP contribution in [0.5, 0.6) is 0 Å². The fourth-order valence-electron chi connectivity index (χ4n) is 3.20. The summed E-state index contributed by atoms with van der Waals surface area (Å²) in [5.74, 6) is 2.00. The van der Waals surface area contributed by atoms with Crippen LogP contribution in [-0.4, -0.2) is 41.0 Å². The van der Waals surface area contributed by atoms with Gasteiger partial charge >= 0.3 is 0 Å². The molecule has 8 nitrogen and oxygen atoms in total. The summed E-state index contributed by atoms with van der Waals surface area (Å²) in [5.41, 5.74) is 1.68. The number of imidazole rings is 1. The molecular weight excluding hydrogens is 322 g/mol. The third kappa shape index (κ3) is 3.11. The van der Waals surface area contributed by atoms with E-state index in [1.54, 1.807) is 23.0 Å². The zero-order chi connectivity index (χ0) is 17.4. The van der Waals surface area contributed by atoms with E-state index in [0.717, 1.165) is 31.1 Å².